The van der Waals surface area contributed by atoms with Gasteiger partial charge >= 0.3 is 0 Å². The lowest BCUT2D eigenvalue weighted by Crippen LogP contribution is -2.33. The van der Waals surface area contributed by atoms with E-state index < -0.39 is 5.54 Å². The molecule has 1 amide bonds. The Kier molecular flexibility index (Phi) is 2.67. The number of carbonyl (C=O) groups is 1. The van der Waals surface area contributed by atoms with Gasteiger partial charge < -0.3 is 15.2 Å². The van der Waals surface area contributed by atoms with Gasteiger partial charge in [0.15, 0.2) is 0 Å². The molecule has 2 rings (SSSR count). The van der Waals surface area contributed by atoms with Crippen LogP contribution in [0.2, 0.25) is 0 Å². The molecule has 6 nitrogen and oxygen atoms in total. The number of rotatable bonds is 4. The number of nitrogens with one attached hydrogen (secondary N) is 2. The number of nitrogens with zero attached hydrogens (tertiary/aromatic N) is 2. The fourth-order valence-corrected chi connectivity index (χ4v) is 1.15. The van der Waals surface area contributed by atoms with Crippen molar-refractivity contribution in [1.82, 2.24) is 20.8 Å². The highest BCUT2D eigenvalue weighted by molar-refractivity contribution is 5.90. The first-order chi connectivity index (χ1) is 7.53. The molecule has 88 valence electrons. The van der Waals surface area contributed by atoms with Crippen LogP contribution in [0.15, 0.2) is 4.52 Å². The lowest BCUT2D eigenvalue weighted by atomic mass is 10.1. The molecule has 0 aliphatic heterocycles. The van der Waals surface area contributed by atoms with Crippen molar-refractivity contribution in [2.45, 2.75) is 38.3 Å². The van der Waals surface area contributed by atoms with E-state index in [1.165, 1.54) is 0 Å². The third-order valence-electron chi connectivity index (χ3n) is 2.70. The van der Waals surface area contributed by atoms with Crippen LogP contribution < -0.4 is 10.6 Å². The van der Waals surface area contributed by atoms with E-state index in [0.29, 0.717) is 11.9 Å². The third kappa shape index (κ3) is 2.21. The van der Waals surface area contributed by atoms with Crippen LogP contribution in [0, 0.1) is 0 Å². The van der Waals surface area contributed by atoms with E-state index in [-0.39, 0.29) is 11.7 Å². The van der Waals surface area contributed by atoms with E-state index in [9.17, 15) is 4.79 Å². The minimum atomic E-state index is -0.425. The van der Waals surface area contributed by atoms with E-state index in [4.69, 9.17) is 4.52 Å². The van der Waals surface area contributed by atoms with Gasteiger partial charge in [-0.1, -0.05) is 5.16 Å². The molecule has 0 aromatic carbocycles. The lowest BCUT2D eigenvalue weighted by Gasteiger charge is -2.17. The predicted molar refractivity (Wildman–Crippen MR) is 56.9 cm³/mol. The van der Waals surface area contributed by atoms with E-state index in [1.807, 2.05) is 13.8 Å². The van der Waals surface area contributed by atoms with Crippen molar-refractivity contribution in [3.63, 3.8) is 0 Å². The van der Waals surface area contributed by atoms with Gasteiger partial charge in [0.05, 0.1) is 5.54 Å². The molecule has 0 radical (unpaired) electrons. The number of hydrogen-bond acceptors (Lipinski definition) is 5. The molecule has 0 unspecified atom stereocenters. The van der Waals surface area contributed by atoms with Crippen LogP contribution in [0.3, 0.4) is 0 Å². The minimum absolute atomic E-state index is 0.102. The first-order valence-electron chi connectivity index (χ1n) is 5.37. The van der Waals surface area contributed by atoms with Crippen LogP contribution in [0.1, 0.15) is 43.2 Å². The summed E-state index contributed by atoms with van der Waals surface area (Å²) in [6.45, 7) is 3.81. The maximum Gasteiger partial charge on any atom is 0.292 e. The van der Waals surface area contributed by atoms with Gasteiger partial charge in [-0.2, -0.15) is 4.98 Å². The molecule has 1 fully saturated rings. The molecule has 0 bridgehead atoms. The van der Waals surface area contributed by atoms with Gasteiger partial charge in [0.1, 0.15) is 0 Å². The topological polar surface area (TPSA) is 80.0 Å². The third-order valence-corrected chi connectivity index (χ3v) is 2.70. The summed E-state index contributed by atoms with van der Waals surface area (Å²) in [4.78, 5) is 15.7. The Morgan fingerprint density at radius 1 is 1.50 bits per heavy atom. The number of carbonyl (C=O) groups excluding carboxylic acids is 1. The summed E-state index contributed by atoms with van der Waals surface area (Å²) >= 11 is 0. The zero-order valence-corrected chi connectivity index (χ0v) is 9.70. The van der Waals surface area contributed by atoms with Crippen molar-refractivity contribution in [1.29, 1.82) is 0 Å². The van der Waals surface area contributed by atoms with Crippen molar-refractivity contribution < 1.29 is 9.32 Å². The largest absolute Gasteiger partial charge is 0.346 e. The van der Waals surface area contributed by atoms with Gasteiger partial charge in [-0.3, -0.25) is 4.79 Å². The Morgan fingerprint density at radius 2 is 2.19 bits per heavy atom. The molecule has 1 aromatic rings. The van der Waals surface area contributed by atoms with Gasteiger partial charge in [-0.05, 0) is 33.7 Å². The molecule has 1 aromatic heterocycles. The van der Waals surface area contributed by atoms with E-state index >= 15 is 0 Å². The van der Waals surface area contributed by atoms with Crippen LogP contribution in [-0.4, -0.2) is 29.1 Å². The minimum Gasteiger partial charge on any atom is -0.346 e. The van der Waals surface area contributed by atoms with Gasteiger partial charge in [0.25, 0.3) is 11.7 Å². The zero-order valence-electron chi connectivity index (χ0n) is 9.70. The summed E-state index contributed by atoms with van der Waals surface area (Å²) < 4.78 is 5.06. The molecule has 0 saturated heterocycles. The van der Waals surface area contributed by atoms with Crippen molar-refractivity contribution in [2.75, 3.05) is 7.05 Å². The zero-order chi connectivity index (χ0) is 11.8. The Bertz CT molecular complexity index is 395. The molecular formula is C10H16N4O2. The van der Waals surface area contributed by atoms with Crippen LogP contribution in [0.4, 0.5) is 0 Å². The number of aromatic nitrogens is 2. The molecular weight excluding hydrogens is 208 g/mol. The molecule has 6 heteroatoms. The summed E-state index contributed by atoms with van der Waals surface area (Å²) in [5.74, 6) is 0.255. The van der Waals surface area contributed by atoms with Crippen molar-refractivity contribution in [3.05, 3.63) is 11.7 Å². The van der Waals surface area contributed by atoms with E-state index in [1.54, 1.807) is 7.05 Å². The Labute approximate surface area is 93.8 Å². The van der Waals surface area contributed by atoms with Gasteiger partial charge in [-0.25, -0.2) is 0 Å². The SMILES string of the molecule is CNC(C)(C)c1nc(C(=O)NC2CC2)no1. The number of amides is 1. The fraction of sp³-hybridized carbons (Fsp3) is 0.700. The molecule has 0 spiro atoms. The standard InChI is InChI=1S/C10H16N4O2/c1-10(2,11-3)9-13-7(14-16-9)8(15)12-6-4-5-6/h6,11H,4-5H2,1-3H3,(H,12,15). The average molecular weight is 224 g/mol. The van der Waals surface area contributed by atoms with Crippen molar-refractivity contribution >= 4 is 5.91 Å². The highest BCUT2D eigenvalue weighted by Crippen LogP contribution is 2.20. The molecule has 16 heavy (non-hydrogen) atoms. The monoisotopic (exact) mass is 224 g/mol. The Morgan fingerprint density at radius 3 is 2.75 bits per heavy atom. The molecule has 1 saturated carbocycles. The lowest BCUT2D eigenvalue weighted by molar-refractivity contribution is 0.0937. The quantitative estimate of drug-likeness (QED) is 0.774. The summed E-state index contributed by atoms with van der Waals surface area (Å²) in [6, 6.07) is 0.298. The number of hydrogen-bond donors (Lipinski definition) is 2. The van der Waals surface area contributed by atoms with Crippen molar-refractivity contribution in [3.8, 4) is 0 Å². The molecule has 1 heterocycles. The van der Waals surface area contributed by atoms with E-state index in [2.05, 4.69) is 20.8 Å². The van der Waals surface area contributed by atoms with Crippen LogP contribution in [0.25, 0.3) is 0 Å². The maximum atomic E-state index is 11.6. The van der Waals surface area contributed by atoms with Gasteiger partial charge in [-0.15, -0.1) is 0 Å². The van der Waals surface area contributed by atoms with Gasteiger partial charge in [0.2, 0.25) is 5.89 Å². The molecule has 0 atom stereocenters. The Balaban J connectivity index is 2.09. The smallest absolute Gasteiger partial charge is 0.292 e. The summed E-state index contributed by atoms with van der Waals surface area (Å²) in [7, 11) is 1.80. The van der Waals surface area contributed by atoms with Gasteiger partial charge in [0, 0.05) is 6.04 Å². The Hall–Kier alpha value is -1.43. The summed E-state index contributed by atoms with van der Waals surface area (Å²) in [6.07, 6.45) is 2.08. The van der Waals surface area contributed by atoms with Crippen molar-refractivity contribution in [2.24, 2.45) is 0 Å². The van der Waals surface area contributed by atoms with Crippen LogP contribution >= 0.6 is 0 Å². The average Bonchev–Trinajstić information content (AvgIpc) is 2.91. The predicted octanol–water partition coefficient (Wildman–Crippen LogP) is 0.416. The normalized spacial score (nSPS) is 16.2. The van der Waals surface area contributed by atoms with Crippen LogP contribution in [-0.2, 0) is 5.54 Å². The maximum absolute atomic E-state index is 11.6. The highest BCUT2D eigenvalue weighted by atomic mass is 16.5. The fourth-order valence-electron chi connectivity index (χ4n) is 1.15. The molecule has 1 aliphatic carbocycles. The second-order valence-corrected chi connectivity index (χ2v) is 4.55. The second kappa shape index (κ2) is 3.86. The highest BCUT2D eigenvalue weighted by Gasteiger charge is 2.29. The van der Waals surface area contributed by atoms with E-state index in [0.717, 1.165) is 12.8 Å². The molecule has 1 aliphatic rings. The van der Waals surface area contributed by atoms with Crippen LogP contribution in [0.5, 0.6) is 0 Å². The first-order valence-corrected chi connectivity index (χ1v) is 5.37. The summed E-state index contributed by atoms with van der Waals surface area (Å²) in [5, 5.41) is 9.52. The first kappa shape index (κ1) is 11.1. The second-order valence-electron chi connectivity index (χ2n) is 4.55. The molecule has 2 N–H and O–H groups in total. The summed E-state index contributed by atoms with van der Waals surface area (Å²) in [5.41, 5.74) is -0.425.